The van der Waals surface area contributed by atoms with Crippen LogP contribution in [0.4, 0.5) is 13.2 Å². The fourth-order valence-corrected chi connectivity index (χ4v) is 2.37. The first kappa shape index (κ1) is 16.3. The second kappa shape index (κ2) is 5.95. The molecular weight excluding hydrogens is 287 g/mol. The Labute approximate surface area is 128 Å². The minimum atomic E-state index is -3.22. The van der Waals surface area contributed by atoms with Gasteiger partial charge < -0.3 is 0 Å². The van der Waals surface area contributed by atoms with E-state index in [0.717, 1.165) is 22.9 Å². The molecule has 1 aromatic carbocycles. The molecule has 2 aromatic rings. The Morgan fingerprint density at radius 3 is 2.50 bits per heavy atom. The van der Waals surface area contributed by atoms with Crippen molar-refractivity contribution in [1.82, 2.24) is 4.98 Å². The van der Waals surface area contributed by atoms with Gasteiger partial charge in [-0.25, -0.2) is 13.2 Å². The lowest BCUT2D eigenvalue weighted by molar-refractivity contribution is 0.0138. The number of alkyl halides is 2. The molecule has 1 nitrogen and oxygen atoms in total. The van der Waals surface area contributed by atoms with Crippen LogP contribution in [0.3, 0.4) is 0 Å². The van der Waals surface area contributed by atoms with Gasteiger partial charge >= 0.3 is 0 Å². The van der Waals surface area contributed by atoms with Crippen LogP contribution in [0.2, 0.25) is 0 Å². The van der Waals surface area contributed by atoms with E-state index in [1.165, 1.54) is 18.3 Å². The Morgan fingerprint density at radius 1 is 1.27 bits per heavy atom. The number of nitrogens with zero attached hydrogens (tertiary/aromatic N) is 1. The lowest BCUT2D eigenvalue weighted by atomic mass is 9.98. The third-order valence-electron chi connectivity index (χ3n) is 3.67. The molecule has 2 rings (SSSR count). The average Bonchev–Trinajstić information content (AvgIpc) is 2.45. The van der Waals surface area contributed by atoms with Gasteiger partial charge in [-0.15, -0.1) is 0 Å². The van der Waals surface area contributed by atoms with E-state index in [-0.39, 0.29) is 5.56 Å². The molecule has 116 valence electrons. The minimum Gasteiger partial charge on any atom is -0.256 e. The summed E-state index contributed by atoms with van der Waals surface area (Å²) in [5, 5.41) is 0. The van der Waals surface area contributed by atoms with Crippen LogP contribution >= 0.6 is 0 Å². The van der Waals surface area contributed by atoms with E-state index in [1.54, 1.807) is 6.07 Å². The molecule has 0 aliphatic carbocycles. The second-order valence-corrected chi connectivity index (χ2v) is 5.42. The maximum Gasteiger partial charge on any atom is 0.273 e. The third kappa shape index (κ3) is 3.06. The third-order valence-corrected chi connectivity index (χ3v) is 3.67. The topological polar surface area (TPSA) is 12.9 Å². The summed E-state index contributed by atoms with van der Waals surface area (Å²) >= 11 is 0. The molecule has 0 saturated carbocycles. The number of aryl methyl sites for hydroxylation is 1. The maximum atomic E-state index is 14.4. The number of hydrogen-bond acceptors (Lipinski definition) is 1. The highest BCUT2D eigenvalue weighted by Gasteiger charge is 2.29. The standard InChI is InChI=1S/C18H18F3N/c1-5-11(2)17-12(3)9-13(10-22-17)14-7-6-8-15(16(14)19)18(4,20)21/h5-10H,1-4H3/b11-5-. The molecule has 0 bridgehead atoms. The molecule has 4 heteroatoms. The van der Waals surface area contributed by atoms with Gasteiger partial charge in [0.1, 0.15) is 5.82 Å². The van der Waals surface area contributed by atoms with Crippen LogP contribution in [-0.4, -0.2) is 4.98 Å². The van der Waals surface area contributed by atoms with E-state index in [9.17, 15) is 13.2 Å². The summed E-state index contributed by atoms with van der Waals surface area (Å²) in [4.78, 5) is 4.34. The van der Waals surface area contributed by atoms with Crippen molar-refractivity contribution in [1.29, 1.82) is 0 Å². The van der Waals surface area contributed by atoms with Crippen LogP contribution in [0.5, 0.6) is 0 Å². The predicted octanol–water partition coefficient (Wildman–Crippen LogP) is 5.73. The van der Waals surface area contributed by atoms with Crippen molar-refractivity contribution in [2.75, 3.05) is 0 Å². The van der Waals surface area contributed by atoms with Gasteiger partial charge in [-0.3, -0.25) is 4.98 Å². The van der Waals surface area contributed by atoms with Gasteiger partial charge in [0.2, 0.25) is 0 Å². The molecule has 0 amide bonds. The SMILES string of the molecule is C/C=C(/C)c1ncc(-c2cccc(C(C)(F)F)c2F)cc1C. The molecule has 1 heterocycles. The molecular formula is C18H18F3N. The van der Waals surface area contributed by atoms with Crippen molar-refractivity contribution >= 4 is 5.57 Å². The lowest BCUT2D eigenvalue weighted by Crippen LogP contribution is -2.10. The highest BCUT2D eigenvalue weighted by molar-refractivity contribution is 5.69. The Bertz CT molecular complexity index is 728. The van der Waals surface area contributed by atoms with Crippen LogP contribution in [0.25, 0.3) is 16.7 Å². The fourth-order valence-electron chi connectivity index (χ4n) is 2.37. The van der Waals surface area contributed by atoms with Gasteiger partial charge in [-0.2, -0.15) is 0 Å². The van der Waals surface area contributed by atoms with Crippen LogP contribution < -0.4 is 0 Å². The first-order chi connectivity index (χ1) is 10.3. The van der Waals surface area contributed by atoms with Crippen LogP contribution in [0.1, 0.15) is 37.6 Å². The Morgan fingerprint density at radius 2 is 1.95 bits per heavy atom. The van der Waals surface area contributed by atoms with Crippen molar-refractivity contribution in [2.24, 2.45) is 0 Å². The van der Waals surface area contributed by atoms with E-state index in [2.05, 4.69) is 4.98 Å². The largest absolute Gasteiger partial charge is 0.273 e. The predicted molar refractivity (Wildman–Crippen MR) is 83.3 cm³/mol. The first-order valence-corrected chi connectivity index (χ1v) is 7.02. The number of allylic oxidation sites excluding steroid dienone is 2. The number of pyridine rings is 1. The number of hydrogen-bond donors (Lipinski definition) is 0. The van der Waals surface area contributed by atoms with Gasteiger partial charge in [-0.05, 0) is 38.0 Å². The average molecular weight is 305 g/mol. The van der Waals surface area contributed by atoms with Crippen molar-refractivity contribution in [3.8, 4) is 11.1 Å². The first-order valence-electron chi connectivity index (χ1n) is 7.02. The van der Waals surface area contributed by atoms with E-state index < -0.39 is 17.3 Å². The molecule has 1 aromatic heterocycles. The molecule has 0 N–H and O–H groups in total. The summed E-state index contributed by atoms with van der Waals surface area (Å²) in [6.07, 6.45) is 3.46. The molecule has 0 unspecified atom stereocenters. The van der Waals surface area contributed by atoms with Crippen molar-refractivity contribution in [2.45, 2.75) is 33.6 Å². The van der Waals surface area contributed by atoms with Gasteiger partial charge in [0.05, 0.1) is 11.3 Å². The minimum absolute atomic E-state index is 0.138. The Kier molecular flexibility index (Phi) is 4.40. The quantitative estimate of drug-likeness (QED) is 0.705. The molecule has 0 saturated heterocycles. The highest BCUT2D eigenvalue weighted by Crippen LogP contribution is 2.34. The zero-order valence-electron chi connectivity index (χ0n) is 13.0. The Balaban J connectivity index is 2.57. The van der Waals surface area contributed by atoms with Crippen molar-refractivity contribution in [3.05, 3.63) is 59.2 Å². The normalized spacial score (nSPS) is 12.6. The smallest absolute Gasteiger partial charge is 0.256 e. The van der Waals surface area contributed by atoms with Gasteiger partial charge in [0, 0.05) is 24.2 Å². The van der Waals surface area contributed by atoms with Gasteiger partial charge in [0.15, 0.2) is 0 Å². The number of rotatable bonds is 3. The number of benzene rings is 1. The monoisotopic (exact) mass is 305 g/mol. The van der Waals surface area contributed by atoms with E-state index in [1.807, 2.05) is 26.8 Å². The van der Waals surface area contributed by atoms with E-state index in [4.69, 9.17) is 0 Å². The molecule has 0 aliphatic heterocycles. The summed E-state index contributed by atoms with van der Waals surface area (Å²) in [5.74, 6) is -4.11. The van der Waals surface area contributed by atoms with Gasteiger partial charge in [0.25, 0.3) is 5.92 Å². The number of halogens is 3. The van der Waals surface area contributed by atoms with Crippen molar-refractivity contribution in [3.63, 3.8) is 0 Å². The Hall–Kier alpha value is -2.10. The van der Waals surface area contributed by atoms with Crippen LogP contribution in [0.15, 0.2) is 36.5 Å². The summed E-state index contributed by atoms with van der Waals surface area (Å²) in [7, 11) is 0. The molecule has 0 fully saturated rings. The zero-order chi connectivity index (χ0) is 16.5. The van der Waals surface area contributed by atoms with Crippen molar-refractivity contribution < 1.29 is 13.2 Å². The summed E-state index contributed by atoms with van der Waals surface area (Å²) in [6, 6.07) is 5.80. The van der Waals surface area contributed by atoms with Gasteiger partial charge in [-0.1, -0.05) is 24.3 Å². The molecule has 0 spiro atoms. The summed E-state index contributed by atoms with van der Waals surface area (Å²) < 4.78 is 41.3. The lowest BCUT2D eigenvalue weighted by Gasteiger charge is -2.15. The van der Waals surface area contributed by atoms with E-state index in [0.29, 0.717) is 12.5 Å². The molecule has 0 radical (unpaired) electrons. The summed E-state index contributed by atoms with van der Waals surface area (Å²) in [6.45, 7) is 6.41. The second-order valence-electron chi connectivity index (χ2n) is 5.42. The molecule has 22 heavy (non-hydrogen) atoms. The van der Waals surface area contributed by atoms with Crippen LogP contribution in [0, 0.1) is 12.7 Å². The molecule has 0 aliphatic rings. The van der Waals surface area contributed by atoms with Crippen LogP contribution in [-0.2, 0) is 5.92 Å². The molecule has 0 atom stereocenters. The highest BCUT2D eigenvalue weighted by atomic mass is 19.3. The maximum absolute atomic E-state index is 14.4. The fraction of sp³-hybridized carbons (Fsp3) is 0.278. The number of aromatic nitrogens is 1. The summed E-state index contributed by atoms with van der Waals surface area (Å²) in [5.41, 5.74) is 2.74. The zero-order valence-corrected chi connectivity index (χ0v) is 13.0. The van der Waals surface area contributed by atoms with E-state index >= 15 is 0 Å².